The molecule has 116 valence electrons. The van der Waals surface area contributed by atoms with Gasteiger partial charge in [-0.15, -0.1) is 0 Å². The lowest BCUT2D eigenvalue weighted by atomic mass is 10.1. The summed E-state index contributed by atoms with van der Waals surface area (Å²) in [5, 5.41) is 3.48. The van der Waals surface area contributed by atoms with Crippen molar-refractivity contribution in [1.82, 2.24) is 5.32 Å². The highest BCUT2D eigenvalue weighted by Gasteiger charge is 2.08. The summed E-state index contributed by atoms with van der Waals surface area (Å²) in [5.41, 5.74) is 1.74. The Morgan fingerprint density at radius 3 is 2.68 bits per heavy atom. The van der Waals surface area contributed by atoms with Crippen LogP contribution < -0.4 is 14.8 Å². The van der Waals surface area contributed by atoms with Gasteiger partial charge in [0.05, 0.1) is 20.6 Å². The summed E-state index contributed by atoms with van der Waals surface area (Å²) < 4.78 is 10.4. The highest BCUT2D eigenvalue weighted by Crippen LogP contribution is 2.22. The number of carbonyl (C=O) groups is 1. The Labute approximate surface area is 135 Å². The first-order chi connectivity index (χ1) is 10.6. The van der Waals surface area contributed by atoms with Crippen LogP contribution >= 0.6 is 11.6 Å². The average Bonchev–Trinajstić information content (AvgIpc) is 2.53. The van der Waals surface area contributed by atoms with Crippen molar-refractivity contribution in [3.05, 3.63) is 58.6 Å². The van der Waals surface area contributed by atoms with E-state index in [0.29, 0.717) is 23.7 Å². The number of hydrogen-bond acceptors (Lipinski definition) is 3. The SMILES string of the molecule is COc1cccc(CC(=O)NCc2cc(Cl)ccc2OC)c1. The first kappa shape index (κ1) is 16.2. The van der Waals surface area contributed by atoms with Crippen LogP contribution in [0.3, 0.4) is 0 Å². The summed E-state index contributed by atoms with van der Waals surface area (Å²) in [6, 6.07) is 12.8. The summed E-state index contributed by atoms with van der Waals surface area (Å²) in [6.07, 6.45) is 0.292. The smallest absolute Gasteiger partial charge is 0.224 e. The Morgan fingerprint density at radius 1 is 1.14 bits per heavy atom. The lowest BCUT2D eigenvalue weighted by Gasteiger charge is -2.10. The predicted molar refractivity (Wildman–Crippen MR) is 86.5 cm³/mol. The van der Waals surface area contributed by atoms with Gasteiger partial charge >= 0.3 is 0 Å². The fraction of sp³-hybridized carbons (Fsp3) is 0.235. The largest absolute Gasteiger partial charge is 0.497 e. The highest BCUT2D eigenvalue weighted by atomic mass is 35.5. The van der Waals surface area contributed by atoms with Gasteiger partial charge in [-0.1, -0.05) is 23.7 Å². The van der Waals surface area contributed by atoms with E-state index >= 15 is 0 Å². The Kier molecular flexibility index (Phi) is 5.67. The van der Waals surface area contributed by atoms with E-state index in [2.05, 4.69) is 5.32 Å². The molecule has 0 heterocycles. The highest BCUT2D eigenvalue weighted by molar-refractivity contribution is 6.30. The minimum absolute atomic E-state index is 0.0738. The van der Waals surface area contributed by atoms with Crippen LogP contribution in [0, 0.1) is 0 Å². The fourth-order valence-electron chi connectivity index (χ4n) is 2.11. The molecule has 2 aromatic rings. The minimum atomic E-state index is -0.0738. The summed E-state index contributed by atoms with van der Waals surface area (Å²) in [5.74, 6) is 1.36. The molecule has 0 saturated heterocycles. The summed E-state index contributed by atoms with van der Waals surface area (Å²) >= 11 is 5.97. The summed E-state index contributed by atoms with van der Waals surface area (Å²) in [7, 11) is 3.19. The maximum atomic E-state index is 12.0. The first-order valence-electron chi connectivity index (χ1n) is 6.84. The topological polar surface area (TPSA) is 47.6 Å². The molecule has 5 heteroatoms. The number of amides is 1. The number of rotatable bonds is 6. The Bertz CT molecular complexity index is 658. The number of nitrogens with one attached hydrogen (secondary N) is 1. The lowest BCUT2D eigenvalue weighted by molar-refractivity contribution is -0.120. The van der Waals surface area contributed by atoms with Gasteiger partial charge in [0.15, 0.2) is 0 Å². The van der Waals surface area contributed by atoms with Gasteiger partial charge in [0.25, 0.3) is 0 Å². The van der Waals surface area contributed by atoms with Crippen molar-refractivity contribution in [3.8, 4) is 11.5 Å². The zero-order valence-electron chi connectivity index (χ0n) is 12.6. The van der Waals surface area contributed by atoms with Crippen molar-refractivity contribution in [2.24, 2.45) is 0 Å². The molecule has 4 nitrogen and oxygen atoms in total. The molecule has 0 aliphatic heterocycles. The Balaban J connectivity index is 1.96. The van der Waals surface area contributed by atoms with E-state index in [-0.39, 0.29) is 5.91 Å². The van der Waals surface area contributed by atoms with Gasteiger partial charge in [0.2, 0.25) is 5.91 Å². The number of benzene rings is 2. The van der Waals surface area contributed by atoms with Crippen LogP contribution in [0.15, 0.2) is 42.5 Å². The van der Waals surface area contributed by atoms with Gasteiger partial charge in [-0.05, 0) is 35.9 Å². The average molecular weight is 320 g/mol. The lowest BCUT2D eigenvalue weighted by Crippen LogP contribution is -2.24. The molecule has 0 atom stereocenters. The van der Waals surface area contributed by atoms with E-state index in [1.165, 1.54) is 0 Å². The third-order valence-electron chi connectivity index (χ3n) is 3.22. The van der Waals surface area contributed by atoms with Crippen molar-refractivity contribution >= 4 is 17.5 Å². The van der Waals surface area contributed by atoms with E-state index in [9.17, 15) is 4.79 Å². The molecule has 2 rings (SSSR count). The zero-order valence-corrected chi connectivity index (χ0v) is 13.3. The van der Waals surface area contributed by atoms with Gasteiger partial charge < -0.3 is 14.8 Å². The Morgan fingerprint density at radius 2 is 1.95 bits per heavy atom. The number of ether oxygens (including phenoxy) is 2. The second kappa shape index (κ2) is 7.71. The molecule has 0 unspecified atom stereocenters. The Hall–Kier alpha value is -2.20. The first-order valence-corrected chi connectivity index (χ1v) is 7.22. The van der Waals surface area contributed by atoms with E-state index < -0.39 is 0 Å². The quantitative estimate of drug-likeness (QED) is 0.889. The van der Waals surface area contributed by atoms with Crippen molar-refractivity contribution in [3.63, 3.8) is 0 Å². The van der Waals surface area contributed by atoms with Crippen LogP contribution in [-0.2, 0) is 17.8 Å². The van der Waals surface area contributed by atoms with E-state index in [4.69, 9.17) is 21.1 Å². The minimum Gasteiger partial charge on any atom is -0.497 e. The molecular weight excluding hydrogens is 302 g/mol. The third kappa shape index (κ3) is 4.40. The third-order valence-corrected chi connectivity index (χ3v) is 3.45. The van der Waals surface area contributed by atoms with Gasteiger partial charge in [-0.3, -0.25) is 4.79 Å². The molecule has 0 aromatic heterocycles. The van der Waals surface area contributed by atoms with Crippen molar-refractivity contribution in [1.29, 1.82) is 0 Å². The summed E-state index contributed by atoms with van der Waals surface area (Å²) in [6.45, 7) is 0.368. The maximum absolute atomic E-state index is 12.0. The molecule has 0 bridgehead atoms. The summed E-state index contributed by atoms with van der Waals surface area (Å²) in [4.78, 5) is 12.0. The van der Waals surface area contributed by atoms with E-state index in [0.717, 1.165) is 16.9 Å². The van der Waals surface area contributed by atoms with E-state index in [1.54, 1.807) is 32.4 Å². The van der Waals surface area contributed by atoms with Gasteiger partial charge in [-0.25, -0.2) is 0 Å². The van der Waals surface area contributed by atoms with Crippen LogP contribution in [0.4, 0.5) is 0 Å². The molecule has 0 fully saturated rings. The number of carbonyl (C=O) groups excluding carboxylic acids is 1. The molecule has 1 N–H and O–H groups in total. The molecule has 22 heavy (non-hydrogen) atoms. The molecular formula is C17H18ClNO3. The molecule has 0 radical (unpaired) electrons. The normalized spacial score (nSPS) is 10.1. The number of hydrogen-bond donors (Lipinski definition) is 1. The maximum Gasteiger partial charge on any atom is 0.224 e. The van der Waals surface area contributed by atoms with Crippen molar-refractivity contribution < 1.29 is 14.3 Å². The molecule has 0 aliphatic rings. The van der Waals surface area contributed by atoms with Crippen LogP contribution in [0.5, 0.6) is 11.5 Å². The fourth-order valence-corrected chi connectivity index (χ4v) is 2.30. The van der Waals surface area contributed by atoms with Gasteiger partial charge in [0, 0.05) is 17.1 Å². The molecule has 2 aromatic carbocycles. The number of halogens is 1. The van der Waals surface area contributed by atoms with Crippen LogP contribution in [0.25, 0.3) is 0 Å². The van der Waals surface area contributed by atoms with Gasteiger partial charge in [-0.2, -0.15) is 0 Å². The zero-order chi connectivity index (χ0) is 15.9. The molecule has 0 spiro atoms. The van der Waals surface area contributed by atoms with Crippen molar-refractivity contribution in [2.45, 2.75) is 13.0 Å². The van der Waals surface area contributed by atoms with Crippen molar-refractivity contribution in [2.75, 3.05) is 14.2 Å². The molecule has 1 amide bonds. The van der Waals surface area contributed by atoms with E-state index in [1.807, 2.05) is 24.3 Å². The molecule has 0 aliphatic carbocycles. The molecule has 0 saturated carbocycles. The second-order valence-corrected chi connectivity index (χ2v) is 5.20. The number of methoxy groups -OCH3 is 2. The van der Waals surface area contributed by atoms with Gasteiger partial charge in [0.1, 0.15) is 11.5 Å². The van der Waals surface area contributed by atoms with Crippen LogP contribution in [-0.4, -0.2) is 20.1 Å². The van der Waals surface area contributed by atoms with Crippen LogP contribution in [0.1, 0.15) is 11.1 Å². The standard InChI is InChI=1S/C17H18ClNO3/c1-21-15-5-3-4-12(8-15)9-17(20)19-11-13-10-14(18)6-7-16(13)22-2/h3-8,10H,9,11H2,1-2H3,(H,19,20). The second-order valence-electron chi connectivity index (χ2n) is 4.76. The monoisotopic (exact) mass is 319 g/mol. The predicted octanol–water partition coefficient (Wildman–Crippen LogP) is 3.22. The van der Waals surface area contributed by atoms with Crippen LogP contribution in [0.2, 0.25) is 5.02 Å².